The molecule has 92 valence electrons. The van der Waals surface area contributed by atoms with Gasteiger partial charge in [-0.2, -0.15) is 0 Å². The molecule has 0 aliphatic rings. The third-order valence-electron chi connectivity index (χ3n) is 1.92. The molecule has 0 amide bonds. The Balaban J connectivity index is 3.34. The molecular weight excluding hydrogens is 351 g/mol. The molecule has 0 unspecified atom stereocenters. The van der Waals surface area contributed by atoms with Crippen LogP contribution in [0.2, 0.25) is 0 Å². The van der Waals surface area contributed by atoms with Crippen LogP contribution < -0.4 is 0 Å². The zero-order valence-corrected chi connectivity index (χ0v) is 12.9. The van der Waals surface area contributed by atoms with Gasteiger partial charge in [0.05, 0.1) is 6.61 Å². The van der Waals surface area contributed by atoms with Gasteiger partial charge in [-0.3, -0.25) is 4.52 Å². The minimum absolute atomic E-state index is 0.376. The van der Waals surface area contributed by atoms with E-state index in [0.717, 1.165) is 12.8 Å². The molecule has 0 spiro atoms. The van der Waals surface area contributed by atoms with Crippen LogP contribution in [-0.2, 0) is 16.3 Å². The van der Waals surface area contributed by atoms with Crippen molar-refractivity contribution in [2.45, 2.75) is 45.4 Å². The quantitative estimate of drug-likeness (QED) is 0.397. The van der Waals surface area contributed by atoms with Crippen molar-refractivity contribution in [1.82, 2.24) is 0 Å². The van der Waals surface area contributed by atoms with E-state index in [-0.39, 0.29) is 0 Å². The van der Waals surface area contributed by atoms with Crippen LogP contribution in [0.15, 0.2) is 0 Å². The van der Waals surface area contributed by atoms with Crippen molar-refractivity contribution in [3.05, 3.63) is 0 Å². The second kappa shape index (κ2) is 10.2. The van der Waals surface area contributed by atoms with Gasteiger partial charge in [-0.25, -0.2) is 11.8 Å². The molecule has 15 heavy (non-hydrogen) atoms. The fourth-order valence-corrected chi connectivity index (χ4v) is 2.89. The summed E-state index contributed by atoms with van der Waals surface area (Å²) in [5.41, 5.74) is 0. The van der Waals surface area contributed by atoms with E-state index in [1.165, 1.54) is 25.7 Å². The summed E-state index contributed by atoms with van der Waals surface area (Å²) in [6, 6.07) is 0. The summed E-state index contributed by atoms with van der Waals surface area (Å²) >= 11 is 5.18. The highest BCUT2D eigenvalue weighted by Gasteiger charge is 2.24. The summed E-state index contributed by atoms with van der Waals surface area (Å²) in [6.07, 6.45) is 6.88. The summed E-state index contributed by atoms with van der Waals surface area (Å²) in [5, 5.41) is 0. The molecule has 0 fully saturated rings. The van der Waals surface area contributed by atoms with Crippen molar-refractivity contribution < 1.29 is 16.3 Å². The maximum Gasteiger partial charge on any atom is 0.497 e. The zero-order chi connectivity index (χ0) is 11.6. The second-order valence-electron chi connectivity index (χ2n) is 3.19. The molecule has 0 aromatic heterocycles. The Bertz CT molecular complexity index is 183. The third-order valence-corrected chi connectivity index (χ3v) is 4.88. The minimum Gasteiger partial charge on any atom is -0.286 e. The number of phosphoric acid groups is 1. The summed E-state index contributed by atoms with van der Waals surface area (Å²) in [4.78, 5) is 0. The molecule has 0 aromatic carbocycles. The average molecular weight is 368 g/mol. The number of hydrogen-bond acceptors (Lipinski definition) is 4. The van der Waals surface area contributed by atoms with Crippen molar-refractivity contribution in [3.8, 4) is 0 Å². The van der Waals surface area contributed by atoms with Crippen molar-refractivity contribution in [2.24, 2.45) is 0 Å². The first kappa shape index (κ1) is 16.1. The molecular formula is C8H17Br2O4P. The topological polar surface area (TPSA) is 44.8 Å². The highest BCUT2D eigenvalue weighted by molar-refractivity contribution is 9.07. The standard InChI is InChI=1S/C8H17Br2O4P/c1-2-3-4-5-6-7-8-12-15(11,13-9)14-10/h2-8H2,1H3. The summed E-state index contributed by atoms with van der Waals surface area (Å²) in [6.45, 7) is 2.56. The first-order valence-corrected chi connectivity index (χ1v) is 7.79. The number of hydrogen-bond donors (Lipinski definition) is 0. The van der Waals surface area contributed by atoms with Gasteiger partial charge in [0.15, 0.2) is 0 Å². The van der Waals surface area contributed by atoms with E-state index < -0.39 is 7.82 Å². The number of halogens is 2. The largest absolute Gasteiger partial charge is 0.497 e. The van der Waals surface area contributed by atoms with Gasteiger partial charge in [0.2, 0.25) is 0 Å². The Labute approximate surface area is 109 Å². The Kier molecular flexibility index (Phi) is 11.0. The van der Waals surface area contributed by atoms with Gasteiger partial charge in [-0.1, -0.05) is 39.0 Å². The fourth-order valence-electron chi connectivity index (χ4n) is 1.11. The summed E-state index contributed by atoms with van der Waals surface area (Å²) in [5.74, 6) is 0. The lowest BCUT2D eigenvalue weighted by molar-refractivity contribution is 0.227. The lowest BCUT2D eigenvalue weighted by atomic mass is 10.1. The molecule has 4 nitrogen and oxygen atoms in total. The Morgan fingerprint density at radius 1 is 1.00 bits per heavy atom. The highest BCUT2D eigenvalue weighted by atomic mass is 79.9. The van der Waals surface area contributed by atoms with Crippen molar-refractivity contribution in [2.75, 3.05) is 6.61 Å². The van der Waals surface area contributed by atoms with Crippen molar-refractivity contribution in [3.63, 3.8) is 0 Å². The van der Waals surface area contributed by atoms with Gasteiger partial charge in [0.25, 0.3) is 0 Å². The lowest BCUT2D eigenvalue weighted by Crippen LogP contribution is -1.93. The molecule has 0 saturated carbocycles. The zero-order valence-electron chi connectivity index (χ0n) is 8.79. The van der Waals surface area contributed by atoms with Crippen molar-refractivity contribution in [1.29, 1.82) is 0 Å². The predicted octanol–water partition coefficient (Wildman–Crippen LogP) is 5.12. The Morgan fingerprint density at radius 2 is 1.53 bits per heavy atom. The average Bonchev–Trinajstić information content (AvgIpc) is 2.27. The number of rotatable bonds is 10. The molecule has 0 aliphatic heterocycles. The van der Waals surface area contributed by atoms with Gasteiger partial charge < -0.3 is 0 Å². The maximum absolute atomic E-state index is 11.3. The van der Waals surface area contributed by atoms with Gasteiger partial charge in [-0.15, -0.1) is 0 Å². The molecule has 0 aromatic rings. The minimum atomic E-state index is -3.41. The molecule has 0 bridgehead atoms. The summed E-state index contributed by atoms with van der Waals surface area (Å²) in [7, 11) is -3.41. The maximum atomic E-state index is 11.3. The molecule has 7 heteroatoms. The lowest BCUT2D eigenvalue weighted by Gasteiger charge is -2.09. The molecule has 0 rings (SSSR count). The SMILES string of the molecule is CCCCCCCCOP(=O)(OBr)OBr. The van der Waals surface area contributed by atoms with Gasteiger partial charge in [0, 0.05) is 0 Å². The molecule has 0 N–H and O–H groups in total. The first-order chi connectivity index (χ1) is 7.18. The molecule has 0 radical (unpaired) electrons. The van der Waals surface area contributed by atoms with E-state index in [1.54, 1.807) is 0 Å². The predicted molar refractivity (Wildman–Crippen MR) is 67.0 cm³/mol. The van der Waals surface area contributed by atoms with E-state index >= 15 is 0 Å². The fraction of sp³-hybridized carbons (Fsp3) is 1.00. The van der Waals surface area contributed by atoms with Crippen LogP contribution in [0.3, 0.4) is 0 Å². The smallest absolute Gasteiger partial charge is 0.286 e. The molecule has 0 atom stereocenters. The monoisotopic (exact) mass is 366 g/mol. The van der Waals surface area contributed by atoms with E-state index in [2.05, 4.69) is 46.7 Å². The van der Waals surface area contributed by atoms with E-state index in [4.69, 9.17) is 4.52 Å². The van der Waals surface area contributed by atoms with Crippen LogP contribution in [0.4, 0.5) is 0 Å². The number of unbranched alkanes of at least 4 members (excludes halogenated alkanes) is 5. The van der Waals surface area contributed by atoms with E-state index in [9.17, 15) is 4.57 Å². The van der Waals surface area contributed by atoms with E-state index in [1.807, 2.05) is 0 Å². The third kappa shape index (κ3) is 8.83. The van der Waals surface area contributed by atoms with Crippen LogP contribution >= 0.6 is 40.3 Å². The molecule has 0 aliphatic carbocycles. The van der Waals surface area contributed by atoms with Crippen LogP contribution in [-0.4, -0.2) is 6.61 Å². The second-order valence-corrected chi connectivity index (χ2v) is 6.35. The van der Waals surface area contributed by atoms with Crippen molar-refractivity contribution >= 4 is 40.3 Å². The summed E-state index contributed by atoms with van der Waals surface area (Å²) < 4.78 is 25.1. The van der Waals surface area contributed by atoms with Gasteiger partial charge in [-0.05, 0) is 6.42 Å². The van der Waals surface area contributed by atoms with Crippen LogP contribution in [0.5, 0.6) is 0 Å². The van der Waals surface area contributed by atoms with Gasteiger partial charge >= 0.3 is 7.82 Å². The van der Waals surface area contributed by atoms with Crippen LogP contribution in [0, 0.1) is 0 Å². The Hall–Kier alpha value is 1.07. The van der Waals surface area contributed by atoms with E-state index in [0.29, 0.717) is 6.61 Å². The first-order valence-electron chi connectivity index (χ1n) is 5.03. The Morgan fingerprint density at radius 3 is 2.07 bits per heavy atom. The molecule has 0 saturated heterocycles. The normalized spacial score (nSPS) is 11.9. The van der Waals surface area contributed by atoms with Gasteiger partial charge in [0.1, 0.15) is 32.5 Å². The van der Waals surface area contributed by atoms with Crippen LogP contribution in [0.25, 0.3) is 0 Å². The molecule has 0 heterocycles. The highest BCUT2D eigenvalue weighted by Crippen LogP contribution is 2.53. The van der Waals surface area contributed by atoms with Crippen LogP contribution in [0.1, 0.15) is 45.4 Å².